The minimum Gasteiger partial charge on any atom is -0.302 e. The molecule has 19 heavy (non-hydrogen) atoms. The van der Waals surface area contributed by atoms with Gasteiger partial charge in [-0.2, -0.15) is 5.10 Å². The van der Waals surface area contributed by atoms with E-state index in [9.17, 15) is 0 Å². The predicted octanol–water partition coefficient (Wildman–Crippen LogP) is 1.40. The van der Waals surface area contributed by atoms with E-state index in [2.05, 4.69) is 56.5 Å². The van der Waals surface area contributed by atoms with Crippen LogP contribution in [0.1, 0.15) is 39.2 Å². The molecule has 3 N–H and O–H groups in total. The normalized spacial score (nSPS) is 14.1. The van der Waals surface area contributed by atoms with Crippen LogP contribution in [0, 0.1) is 0 Å². The van der Waals surface area contributed by atoms with Gasteiger partial charge in [0.1, 0.15) is 0 Å². The van der Waals surface area contributed by atoms with Crippen molar-refractivity contribution in [2.24, 2.45) is 5.84 Å². The first-order valence-electron chi connectivity index (χ1n) is 7.18. The number of hydrogen-bond acceptors (Lipinski definition) is 4. The highest BCUT2D eigenvalue weighted by atomic mass is 15.3. The third kappa shape index (κ3) is 3.35. The minimum atomic E-state index is 0.0725. The molecule has 5 heteroatoms. The summed E-state index contributed by atoms with van der Waals surface area (Å²) in [5.74, 6) is 5.83. The van der Waals surface area contributed by atoms with Gasteiger partial charge in [0.05, 0.1) is 6.20 Å². The quantitative estimate of drug-likeness (QED) is 0.552. The molecule has 1 heterocycles. The van der Waals surface area contributed by atoms with Crippen LogP contribution in [0.15, 0.2) is 12.4 Å². The standard InChI is InChI=1S/C14H29N5/c1-6-14(7-2,18(4)5)13(17-15)9-12-10-16-19(8-3)11-12/h10-11,13,17H,6-9,15H2,1-5H3. The maximum atomic E-state index is 5.83. The van der Waals surface area contributed by atoms with Gasteiger partial charge in [-0.25, -0.2) is 0 Å². The fourth-order valence-corrected chi connectivity index (χ4v) is 3.01. The largest absolute Gasteiger partial charge is 0.302 e. The van der Waals surface area contributed by atoms with Gasteiger partial charge in [0, 0.05) is 24.3 Å². The summed E-state index contributed by atoms with van der Waals surface area (Å²) in [5, 5.41) is 4.34. The lowest BCUT2D eigenvalue weighted by molar-refractivity contribution is 0.0882. The molecule has 1 aromatic heterocycles. The van der Waals surface area contributed by atoms with Gasteiger partial charge in [-0.15, -0.1) is 0 Å². The molecule has 5 nitrogen and oxygen atoms in total. The highest BCUT2D eigenvalue weighted by molar-refractivity contribution is 5.10. The van der Waals surface area contributed by atoms with Gasteiger partial charge in [-0.3, -0.25) is 16.0 Å². The zero-order valence-corrected chi connectivity index (χ0v) is 13.0. The zero-order valence-electron chi connectivity index (χ0n) is 13.0. The molecule has 0 spiro atoms. The van der Waals surface area contributed by atoms with Crippen LogP contribution in [0.3, 0.4) is 0 Å². The Labute approximate surface area is 117 Å². The summed E-state index contributed by atoms with van der Waals surface area (Å²) in [4.78, 5) is 2.29. The van der Waals surface area contributed by atoms with Crippen molar-refractivity contribution in [1.29, 1.82) is 0 Å². The second kappa shape index (κ2) is 7.03. The number of nitrogens with one attached hydrogen (secondary N) is 1. The second-order valence-corrected chi connectivity index (χ2v) is 5.33. The first-order valence-corrected chi connectivity index (χ1v) is 7.18. The number of rotatable bonds is 8. The van der Waals surface area contributed by atoms with Crippen LogP contribution in [-0.4, -0.2) is 40.4 Å². The van der Waals surface area contributed by atoms with Gasteiger partial charge in [-0.1, -0.05) is 13.8 Å². The first-order chi connectivity index (χ1) is 9.03. The SMILES string of the molecule is CCn1cc(CC(NN)C(CC)(CC)N(C)C)cn1. The summed E-state index contributed by atoms with van der Waals surface area (Å²) in [6, 6.07) is 0.215. The second-order valence-electron chi connectivity index (χ2n) is 5.33. The monoisotopic (exact) mass is 267 g/mol. The van der Waals surface area contributed by atoms with E-state index in [1.54, 1.807) is 0 Å². The molecular weight excluding hydrogens is 238 g/mol. The lowest BCUT2D eigenvalue weighted by atomic mass is 9.81. The van der Waals surface area contributed by atoms with Crippen LogP contribution < -0.4 is 11.3 Å². The lowest BCUT2D eigenvalue weighted by Crippen LogP contribution is -2.61. The summed E-state index contributed by atoms with van der Waals surface area (Å²) in [5.41, 5.74) is 4.33. The molecule has 0 fully saturated rings. The lowest BCUT2D eigenvalue weighted by Gasteiger charge is -2.44. The molecule has 0 aliphatic carbocycles. The summed E-state index contributed by atoms with van der Waals surface area (Å²) >= 11 is 0. The number of hydrogen-bond donors (Lipinski definition) is 2. The fourth-order valence-electron chi connectivity index (χ4n) is 3.01. The van der Waals surface area contributed by atoms with E-state index in [0.29, 0.717) is 0 Å². The molecule has 1 rings (SSSR count). The Morgan fingerprint density at radius 2 is 2.00 bits per heavy atom. The fraction of sp³-hybridized carbons (Fsp3) is 0.786. The Kier molecular flexibility index (Phi) is 5.97. The first kappa shape index (κ1) is 16.1. The average molecular weight is 267 g/mol. The van der Waals surface area contributed by atoms with Gasteiger partial charge in [0.25, 0.3) is 0 Å². The van der Waals surface area contributed by atoms with Crippen LogP contribution in [-0.2, 0) is 13.0 Å². The highest BCUT2D eigenvalue weighted by Gasteiger charge is 2.37. The molecule has 0 radical (unpaired) electrons. The summed E-state index contributed by atoms with van der Waals surface area (Å²) in [6.07, 6.45) is 7.08. The molecule has 0 aromatic carbocycles. The Hall–Kier alpha value is -0.910. The summed E-state index contributed by atoms with van der Waals surface area (Å²) in [6.45, 7) is 7.45. The van der Waals surface area contributed by atoms with Crippen LogP contribution in [0.4, 0.5) is 0 Å². The molecular formula is C14H29N5. The van der Waals surface area contributed by atoms with Crippen LogP contribution in [0.2, 0.25) is 0 Å². The smallest absolute Gasteiger partial charge is 0.0522 e. The zero-order chi connectivity index (χ0) is 14.5. The Morgan fingerprint density at radius 3 is 2.37 bits per heavy atom. The molecule has 0 aliphatic heterocycles. The number of nitrogens with zero attached hydrogens (tertiary/aromatic N) is 3. The van der Waals surface area contributed by atoms with E-state index in [1.165, 1.54) is 5.56 Å². The van der Waals surface area contributed by atoms with Crippen LogP contribution >= 0.6 is 0 Å². The third-order valence-corrected chi connectivity index (χ3v) is 4.42. The van der Waals surface area contributed by atoms with Crippen molar-refractivity contribution in [1.82, 2.24) is 20.1 Å². The maximum absolute atomic E-state index is 5.83. The van der Waals surface area contributed by atoms with Crippen LogP contribution in [0.5, 0.6) is 0 Å². The number of aryl methyl sites for hydroxylation is 1. The topological polar surface area (TPSA) is 59.1 Å². The van der Waals surface area contributed by atoms with Crippen molar-refractivity contribution in [3.05, 3.63) is 18.0 Å². The summed E-state index contributed by atoms with van der Waals surface area (Å²) in [7, 11) is 4.26. The molecule has 0 aliphatic rings. The van der Waals surface area contributed by atoms with E-state index in [0.717, 1.165) is 25.8 Å². The number of hydrazine groups is 1. The molecule has 0 saturated carbocycles. The Balaban J connectivity index is 2.91. The van der Waals surface area contributed by atoms with Crippen molar-refractivity contribution in [3.63, 3.8) is 0 Å². The Bertz CT molecular complexity index is 368. The molecule has 1 aromatic rings. The molecule has 0 amide bonds. The van der Waals surface area contributed by atoms with Crippen molar-refractivity contribution in [2.45, 2.75) is 58.2 Å². The van der Waals surface area contributed by atoms with E-state index in [-0.39, 0.29) is 11.6 Å². The van der Waals surface area contributed by atoms with E-state index in [4.69, 9.17) is 5.84 Å². The minimum absolute atomic E-state index is 0.0725. The van der Waals surface area contributed by atoms with Crippen molar-refractivity contribution < 1.29 is 0 Å². The van der Waals surface area contributed by atoms with E-state index < -0.39 is 0 Å². The number of aromatic nitrogens is 2. The van der Waals surface area contributed by atoms with E-state index in [1.807, 2.05) is 10.9 Å². The van der Waals surface area contributed by atoms with E-state index >= 15 is 0 Å². The van der Waals surface area contributed by atoms with Gasteiger partial charge in [0.15, 0.2) is 0 Å². The molecule has 0 saturated heterocycles. The Morgan fingerprint density at radius 1 is 1.37 bits per heavy atom. The third-order valence-electron chi connectivity index (χ3n) is 4.42. The number of likely N-dealkylation sites (N-methyl/N-ethyl adjacent to an activating group) is 1. The van der Waals surface area contributed by atoms with Crippen molar-refractivity contribution in [3.8, 4) is 0 Å². The molecule has 0 bridgehead atoms. The van der Waals surface area contributed by atoms with Gasteiger partial charge in [0.2, 0.25) is 0 Å². The van der Waals surface area contributed by atoms with Gasteiger partial charge < -0.3 is 4.90 Å². The molecule has 1 unspecified atom stereocenters. The van der Waals surface area contributed by atoms with Crippen molar-refractivity contribution >= 4 is 0 Å². The predicted molar refractivity (Wildman–Crippen MR) is 79.7 cm³/mol. The highest BCUT2D eigenvalue weighted by Crippen LogP contribution is 2.27. The average Bonchev–Trinajstić information content (AvgIpc) is 2.86. The maximum Gasteiger partial charge on any atom is 0.0522 e. The number of nitrogens with two attached hydrogens (primary N) is 1. The molecule has 110 valence electrons. The summed E-state index contributed by atoms with van der Waals surface area (Å²) < 4.78 is 1.96. The van der Waals surface area contributed by atoms with Gasteiger partial charge in [-0.05, 0) is 45.8 Å². The molecule has 1 atom stereocenters. The van der Waals surface area contributed by atoms with Crippen LogP contribution in [0.25, 0.3) is 0 Å². The van der Waals surface area contributed by atoms with Crippen molar-refractivity contribution in [2.75, 3.05) is 14.1 Å². The van der Waals surface area contributed by atoms with Gasteiger partial charge >= 0.3 is 0 Å².